The van der Waals surface area contributed by atoms with Crippen molar-refractivity contribution in [1.82, 2.24) is 9.55 Å². The van der Waals surface area contributed by atoms with E-state index in [4.69, 9.17) is 4.74 Å². The minimum Gasteiger partial charge on any atom is -0.439 e. The highest BCUT2D eigenvalue weighted by atomic mass is 79.9. The van der Waals surface area contributed by atoms with Crippen LogP contribution in [0.4, 0.5) is 5.69 Å². The third-order valence-corrected chi connectivity index (χ3v) is 3.68. The zero-order valence-corrected chi connectivity index (χ0v) is 13.9. The molecule has 0 fully saturated rings. The van der Waals surface area contributed by atoms with Crippen molar-refractivity contribution in [2.75, 3.05) is 5.32 Å². The number of amides is 1. The monoisotopic (exact) mass is 371 g/mol. The number of carbonyl (C=O) groups excluding carboxylic acids is 1. The van der Waals surface area contributed by atoms with Gasteiger partial charge in [-0.15, -0.1) is 0 Å². The molecule has 0 saturated carbocycles. The Bertz CT molecular complexity index is 828. The van der Waals surface area contributed by atoms with Crippen LogP contribution in [0.2, 0.25) is 0 Å². The molecule has 0 atom stereocenters. The van der Waals surface area contributed by atoms with Crippen molar-refractivity contribution in [1.29, 1.82) is 0 Å². The number of aryl methyl sites for hydroxylation is 1. The number of halogens is 1. The van der Waals surface area contributed by atoms with E-state index >= 15 is 0 Å². The number of anilines is 1. The van der Waals surface area contributed by atoms with Gasteiger partial charge in [0.15, 0.2) is 0 Å². The molecule has 0 unspecified atom stereocenters. The molecule has 0 radical (unpaired) electrons. The summed E-state index contributed by atoms with van der Waals surface area (Å²) in [6.07, 6.45) is 3.39. The fraction of sp³-hybridized carbons (Fsp3) is 0.0588. The molecule has 0 spiro atoms. The Labute approximate surface area is 142 Å². The second-order valence-electron chi connectivity index (χ2n) is 4.90. The number of nitrogens with one attached hydrogen (secondary N) is 1. The molecule has 6 heteroatoms. The van der Waals surface area contributed by atoms with Crippen molar-refractivity contribution < 1.29 is 9.53 Å². The van der Waals surface area contributed by atoms with Crippen LogP contribution in [0.5, 0.6) is 11.6 Å². The Morgan fingerprint density at radius 3 is 2.74 bits per heavy atom. The second-order valence-corrected chi connectivity index (χ2v) is 5.82. The Hall–Kier alpha value is -2.60. The van der Waals surface area contributed by atoms with Gasteiger partial charge >= 0.3 is 0 Å². The normalized spacial score (nSPS) is 10.3. The lowest BCUT2D eigenvalue weighted by molar-refractivity contribution is 0.101. The first-order valence-electron chi connectivity index (χ1n) is 6.94. The number of aromatic nitrogens is 2. The average molecular weight is 372 g/mol. The SMILES string of the molecule is Cn1cccc1C(=O)Nc1ccc(Oc2cccc(Br)c2)nc1. The molecule has 23 heavy (non-hydrogen) atoms. The van der Waals surface area contributed by atoms with E-state index in [2.05, 4.69) is 26.2 Å². The Kier molecular flexibility index (Phi) is 4.43. The van der Waals surface area contributed by atoms with Crippen LogP contribution in [-0.4, -0.2) is 15.5 Å². The minimum atomic E-state index is -0.181. The summed E-state index contributed by atoms with van der Waals surface area (Å²) < 4.78 is 8.34. The Balaban J connectivity index is 1.67. The molecule has 0 aliphatic rings. The number of nitrogens with zero attached hydrogens (tertiary/aromatic N) is 2. The largest absolute Gasteiger partial charge is 0.439 e. The smallest absolute Gasteiger partial charge is 0.272 e. The summed E-state index contributed by atoms with van der Waals surface area (Å²) in [6, 6.07) is 14.5. The molecule has 1 aromatic carbocycles. The van der Waals surface area contributed by atoms with Crippen LogP contribution in [-0.2, 0) is 7.05 Å². The Morgan fingerprint density at radius 2 is 2.09 bits per heavy atom. The molecule has 0 aliphatic carbocycles. The van der Waals surface area contributed by atoms with E-state index in [1.807, 2.05) is 43.6 Å². The first-order chi connectivity index (χ1) is 11.1. The highest BCUT2D eigenvalue weighted by molar-refractivity contribution is 9.10. The van der Waals surface area contributed by atoms with Crippen molar-refractivity contribution >= 4 is 27.5 Å². The number of carbonyl (C=O) groups is 1. The van der Waals surface area contributed by atoms with Crippen LogP contribution in [0.15, 0.2) is 65.4 Å². The number of hydrogen-bond acceptors (Lipinski definition) is 3. The molecule has 1 N–H and O–H groups in total. The van der Waals surface area contributed by atoms with Gasteiger partial charge in [0.05, 0.1) is 11.9 Å². The lowest BCUT2D eigenvalue weighted by Crippen LogP contribution is -2.15. The van der Waals surface area contributed by atoms with Crippen molar-refractivity contribution in [3.63, 3.8) is 0 Å². The molecule has 0 saturated heterocycles. The summed E-state index contributed by atoms with van der Waals surface area (Å²) in [5.41, 5.74) is 1.19. The zero-order valence-electron chi connectivity index (χ0n) is 12.4. The van der Waals surface area contributed by atoms with E-state index in [0.717, 1.165) is 4.47 Å². The molecule has 1 amide bonds. The van der Waals surface area contributed by atoms with Gasteiger partial charge in [0.2, 0.25) is 5.88 Å². The van der Waals surface area contributed by atoms with Crippen LogP contribution >= 0.6 is 15.9 Å². The van der Waals surface area contributed by atoms with Crippen molar-refractivity contribution in [3.05, 3.63) is 71.1 Å². The zero-order chi connectivity index (χ0) is 16.2. The Morgan fingerprint density at radius 1 is 1.22 bits per heavy atom. The van der Waals surface area contributed by atoms with Gasteiger partial charge in [-0.25, -0.2) is 4.98 Å². The van der Waals surface area contributed by atoms with Crippen LogP contribution in [0, 0.1) is 0 Å². The number of rotatable bonds is 4. The quantitative estimate of drug-likeness (QED) is 0.746. The fourth-order valence-electron chi connectivity index (χ4n) is 2.06. The maximum Gasteiger partial charge on any atom is 0.272 e. The van der Waals surface area contributed by atoms with Gasteiger partial charge in [-0.3, -0.25) is 4.79 Å². The molecule has 116 valence electrons. The standard InChI is InChI=1S/C17H14BrN3O2/c1-21-9-3-6-15(21)17(22)20-13-7-8-16(19-11-13)23-14-5-2-4-12(18)10-14/h2-11H,1H3,(H,20,22). The van der Waals surface area contributed by atoms with Gasteiger partial charge < -0.3 is 14.6 Å². The van der Waals surface area contributed by atoms with Gasteiger partial charge in [0.1, 0.15) is 11.4 Å². The van der Waals surface area contributed by atoms with Gasteiger partial charge in [-0.2, -0.15) is 0 Å². The number of pyridine rings is 1. The van der Waals surface area contributed by atoms with Crippen LogP contribution in [0.25, 0.3) is 0 Å². The molecule has 0 bridgehead atoms. The van der Waals surface area contributed by atoms with Crippen molar-refractivity contribution in [3.8, 4) is 11.6 Å². The maximum absolute atomic E-state index is 12.1. The lowest BCUT2D eigenvalue weighted by Gasteiger charge is -2.08. The first kappa shape index (κ1) is 15.3. The van der Waals surface area contributed by atoms with E-state index in [9.17, 15) is 4.79 Å². The summed E-state index contributed by atoms with van der Waals surface area (Å²) in [7, 11) is 1.82. The molecule has 3 rings (SSSR count). The summed E-state index contributed by atoms with van der Waals surface area (Å²) in [4.78, 5) is 16.3. The molecule has 0 aliphatic heterocycles. The van der Waals surface area contributed by atoms with Crippen LogP contribution in [0.1, 0.15) is 10.5 Å². The van der Waals surface area contributed by atoms with Gasteiger partial charge in [0, 0.05) is 23.8 Å². The van der Waals surface area contributed by atoms with E-state index in [-0.39, 0.29) is 5.91 Å². The highest BCUT2D eigenvalue weighted by Crippen LogP contribution is 2.23. The average Bonchev–Trinajstić information content (AvgIpc) is 2.95. The van der Waals surface area contributed by atoms with E-state index in [1.165, 1.54) is 0 Å². The van der Waals surface area contributed by atoms with Crippen molar-refractivity contribution in [2.45, 2.75) is 0 Å². The van der Waals surface area contributed by atoms with Crippen LogP contribution in [0.3, 0.4) is 0 Å². The van der Waals surface area contributed by atoms with Gasteiger partial charge in [-0.1, -0.05) is 22.0 Å². The van der Waals surface area contributed by atoms with Gasteiger partial charge in [0.25, 0.3) is 5.91 Å². The summed E-state index contributed by atoms with van der Waals surface area (Å²) >= 11 is 3.39. The molecule has 5 nitrogen and oxygen atoms in total. The first-order valence-corrected chi connectivity index (χ1v) is 7.73. The summed E-state index contributed by atoms with van der Waals surface area (Å²) in [5.74, 6) is 0.965. The maximum atomic E-state index is 12.1. The topological polar surface area (TPSA) is 56.2 Å². The predicted octanol–water partition coefficient (Wildman–Crippen LogP) is 4.23. The number of hydrogen-bond donors (Lipinski definition) is 1. The van der Waals surface area contributed by atoms with Crippen molar-refractivity contribution in [2.24, 2.45) is 7.05 Å². The van der Waals surface area contributed by atoms with E-state index in [0.29, 0.717) is 23.0 Å². The number of ether oxygens (including phenoxy) is 1. The molecular formula is C17H14BrN3O2. The summed E-state index contributed by atoms with van der Waals surface area (Å²) in [5, 5.41) is 2.80. The van der Waals surface area contributed by atoms with E-state index < -0.39 is 0 Å². The molecule has 2 aromatic heterocycles. The van der Waals surface area contributed by atoms with Crippen LogP contribution < -0.4 is 10.1 Å². The number of benzene rings is 1. The molecule has 2 heterocycles. The fourth-order valence-corrected chi connectivity index (χ4v) is 2.44. The second kappa shape index (κ2) is 6.66. The van der Waals surface area contributed by atoms with Gasteiger partial charge in [-0.05, 0) is 36.4 Å². The predicted molar refractivity (Wildman–Crippen MR) is 91.8 cm³/mol. The summed E-state index contributed by atoms with van der Waals surface area (Å²) in [6.45, 7) is 0. The third kappa shape index (κ3) is 3.78. The van der Waals surface area contributed by atoms with E-state index in [1.54, 1.807) is 29.0 Å². The molecular weight excluding hydrogens is 358 g/mol. The third-order valence-electron chi connectivity index (χ3n) is 3.19. The minimum absolute atomic E-state index is 0.181. The lowest BCUT2D eigenvalue weighted by atomic mass is 10.3. The molecule has 3 aromatic rings. The highest BCUT2D eigenvalue weighted by Gasteiger charge is 2.09.